The fourth-order valence-corrected chi connectivity index (χ4v) is 8.03. The lowest BCUT2D eigenvalue weighted by Crippen LogP contribution is -2.59. The first-order chi connectivity index (χ1) is 25.0. The molecule has 0 unspecified atom stereocenters. The van der Waals surface area contributed by atoms with Crippen molar-refractivity contribution < 1.29 is 33.6 Å². The van der Waals surface area contributed by atoms with Gasteiger partial charge in [0.05, 0.1) is 12.2 Å². The van der Waals surface area contributed by atoms with Gasteiger partial charge in [0.15, 0.2) is 5.78 Å². The Kier molecular flexibility index (Phi) is 13.3. The topological polar surface area (TPSA) is 197 Å². The molecule has 0 spiro atoms. The number of amides is 5. The number of hydrogen-bond acceptors (Lipinski definition) is 9. The second-order valence-corrected chi connectivity index (χ2v) is 15.0. The largest absolute Gasteiger partial charge is 0.347 e. The maximum absolute atomic E-state index is 14.6. The molecule has 14 heteroatoms. The van der Waals surface area contributed by atoms with Crippen molar-refractivity contribution in [1.82, 2.24) is 36.1 Å². The fraction of sp³-hybridized carbons (Fsp3) is 0.658. The molecule has 282 valence electrons. The average molecular weight is 720 g/mol. The van der Waals surface area contributed by atoms with E-state index in [0.29, 0.717) is 31.3 Å². The van der Waals surface area contributed by atoms with Crippen LogP contribution < -0.4 is 21.3 Å². The Labute approximate surface area is 305 Å². The molecule has 6 atom stereocenters. The van der Waals surface area contributed by atoms with E-state index in [2.05, 4.69) is 37.8 Å². The van der Waals surface area contributed by atoms with Crippen LogP contribution in [-0.2, 0) is 28.8 Å². The van der Waals surface area contributed by atoms with E-state index in [9.17, 15) is 33.6 Å². The highest BCUT2D eigenvalue weighted by Gasteiger charge is 2.51. The first-order valence-electron chi connectivity index (χ1n) is 19.0. The number of rotatable bonds is 17. The summed E-state index contributed by atoms with van der Waals surface area (Å²) in [6, 6.07) is -4.12. The van der Waals surface area contributed by atoms with Crippen molar-refractivity contribution in [3.05, 3.63) is 36.4 Å². The third kappa shape index (κ3) is 9.68. The summed E-state index contributed by atoms with van der Waals surface area (Å²) < 4.78 is 0. The van der Waals surface area contributed by atoms with Gasteiger partial charge in [-0.05, 0) is 81.6 Å². The molecule has 0 bridgehead atoms. The van der Waals surface area contributed by atoms with Crippen molar-refractivity contribution in [2.24, 2.45) is 17.8 Å². The summed E-state index contributed by atoms with van der Waals surface area (Å²) in [5.74, 6) is -4.11. The molecule has 3 aliphatic carbocycles. The highest BCUT2D eigenvalue weighted by molar-refractivity contribution is 6.38. The van der Waals surface area contributed by atoms with Gasteiger partial charge in [-0.25, -0.2) is 4.98 Å². The minimum absolute atomic E-state index is 0.0152. The highest BCUT2D eigenvalue weighted by atomic mass is 16.2. The van der Waals surface area contributed by atoms with Gasteiger partial charge in [0.2, 0.25) is 23.5 Å². The average Bonchev–Trinajstić information content (AvgIpc) is 3.71. The summed E-state index contributed by atoms with van der Waals surface area (Å²) >= 11 is 0. The van der Waals surface area contributed by atoms with Gasteiger partial charge in [-0.1, -0.05) is 45.6 Å². The van der Waals surface area contributed by atoms with Crippen LogP contribution in [0.1, 0.15) is 114 Å². The van der Waals surface area contributed by atoms with Gasteiger partial charge in [-0.15, -0.1) is 0 Å². The van der Waals surface area contributed by atoms with Gasteiger partial charge in [0.25, 0.3) is 11.8 Å². The minimum Gasteiger partial charge on any atom is -0.347 e. The summed E-state index contributed by atoms with van der Waals surface area (Å²) in [6.07, 6.45) is 13.1. The molecule has 4 fully saturated rings. The zero-order valence-electron chi connectivity index (χ0n) is 30.4. The van der Waals surface area contributed by atoms with Crippen molar-refractivity contribution >= 4 is 41.1 Å². The van der Waals surface area contributed by atoms with Crippen LogP contribution in [-0.4, -0.2) is 92.7 Å². The smallest absolute Gasteiger partial charge is 0.289 e. The van der Waals surface area contributed by atoms with E-state index >= 15 is 0 Å². The number of nitrogens with one attached hydrogen (secondary N) is 4. The Morgan fingerprint density at radius 3 is 2.29 bits per heavy atom. The number of nitrogens with zero attached hydrogens (tertiary/aromatic N) is 3. The molecule has 1 aromatic rings. The molecule has 1 saturated heterocycles. The number of carbonyl (C=O) groups excluding carboxylic acids is 7. The molecule has 1 aromatic heterocycles. The fourth-order valence-electron chi connectivity index (χ4n) is 8.03. The van der Waals surface area contributed by atoms with Gasteiger partial charge >= 0.3 is 0 Å². The molecule has 2 heterocycles. The standard InChI is InChI=1S/C38H53N7O7/c1-4-9-27(33(47)37(51)41-25-14-15-25)42-36(50)32-26-13-8-12-24(26)21-45(32)38(52)28(16-17-30(46)22(2)3)43-35(49)31(23-10-6-5-7-11-23)44-34(48)29-20-39-18-19-40-29/h18-20,23-28,31-32H,2,4-17,21H2,1,3H3,(H,41,51)(H,42,50)(H,43,49)(H,44,48)/t24-,26-,27-,28-,31-,32-/m0/s1. The number of hydrogen-bond donors (Lipinski definition) is 4. The predicted molar refractivity (Wildman–Crippen MR) is 190 cm³/mol. The molecule has 5 amide bonds. The molecule has 4 N–H and O–H groups in total. The summed E-state index contributed by atoms with van der Waals surface area (Å²) in [5, 5.41) is 11.3. The Balaban J connectivity index is 1.38. The Morgan fingerprint density at radius 2 is 1.63 bits per heavy atom. The molecule has 4 aliphatic rings. The summed E-state index contributed by atoms with van der Waals surface area (Å²) in [6.45, 7) is 7.46. The number of fused-ring (bicyclic) bond motifs is 1. The van der Waals surface area contributed by atoms with Crippen LogP contribution in [0.25, 0.3) is 0 Å². The second-order valence-electron chi connectivity index (χ2n) is 15.0. The lowest BCUT2D eigenvalue weighted by atomic mass is 9.83. The summed E-state index contributed by atoms with van der Waals surface area (Å²) in [5.41, 5.74) is 0.372. The van der Waals surface area contributed by atoms with Crippen LogP contribution in [0, 0.1) is 17.8 Å². The molecule has 52 heavy (non-hydrogen) atoms. The number of carbonyl (C=O) groups is 7. The molecule has 0 aromatic carbocycles. The Morgan fingerprint density at radius 1 is 0.885 bits per heavy atom. The number of likely N-dealkylation sites (tertiary alicyclic amines) is 1. The summed E-state index contributed by atoms with van der Waals surface area (Å²) in [7, 11) is 0. The summed E-state index contributed by atoms with van der Waals surface area (Å²) in [4.78, 5) is 104. The number of aromatic nitrogens is 2. The number of allylic oxidation sites excluding steroid dienone is 1. The van der Waals surface area contributed by atoms with E-state index < -0.39 is 59.5 Å². The Hall–Kier alpha value is -4.49. The van der Waals surface area contributed by atoms with Gasteiger partial charge in [-0.2, -0.15) is 0 Å². The van der Waals surface area contributed by atoms with E-state index in [0.717, 1.165) is 44.9 Å². The van der Waals surface area contributed by atoms with Gasteiger partial charge < -0.3 is 26.2 Å². The van der Waals surface area contributed by atoms with Crippen molar-refractivity contribution in [1.29, 1.82) is 0 Å². The molecular formula is C38H53N7O7. The molecule has 5 rings (SSSR count). The zero-order valence-corrected chi connectivity index (χ0v) is 30.4. The predicted octanol–water partition coefficient (Wildman–Crippen LogP) is 2.33. The first-order valence-corrected chi connectivity index (χ1v) is 19.0. The van der Waals surface area contributed by atoms with Crippen LogP contribution in [0.2, 0.25) is 0 Å². The van der Waals surface area contributed by atoms with Gasteiger partial charge in [0.1, 0.15) is 23.8 Å². The normalized spacial score (nSPS) is 23.0. The van der Waals surface area contributed by atoms with Crippen LogP contribution in [0.4, 0.5) is 0 Å². The van der Waals surface area contributed by atoms with Gasteiger partial charge in [-0.3, -0.25) is 38.5 Å². The molecule has 3 saturated carbocycles. The SMILES string of the molecule is C=C(C)C(=O)CC[C@H](NC(=O)[C@@H](NC(=O)c1cnccn1)C1CCCCC1)C(=O)N1C[C@@H]2CCC[C@@H]2[C@H]1C(=O)N[C@@H](CCC)C(=O)C(=O)NC1CC1. The molecule has 1 aliphatic heterocycles. The first kappa shape index (κ1) is 38.7. The third-order valence-corrected chi connectivity index (χ3v) is 11.0. The highest BCUT2D eigenvalue weighted by Crippen LogP contribution is 2.43. The second kappa shape index (κ2) is 17.8. The van der Waals surface area contributed by atoms with E-state index in [1.54, 1.807) is 6.92 Å². The van der Waals surface area contributed by atoms with Crippen LogP contribution in [0.15, 0.2) is 30.7 Å². The van der Waals surface area contributed by atoms with E-state index in [1.807, 2.05) is 6.92 Å². The van der Waals surface area contributed by atoms with Crippen LogP contribution in [0.5, 0.6) is 0 Å². The van der Waals surface area contributed by atoms with Crippen LogP contribution in [0.3, 0.4) is 0 Å². The lowest BCUT2D eigenvalue weighted by Gasteiger charge is -2.34. The van der Waals surface area contributed by atoms with Crippen LogP contribution >= 0.6 is 0 Å². The third-order valence-electron chi connectivity index (χ3n) is 11.0. The van der Waals surface area contributed by atoms with E-state index in [1.165, 1.54) is 23.5 Å². The Bertz CT molecular complexity index is 1520. The van der Waals surface area contributed by atoms with Crippen molar-refractivity contribution in [3.63, 3.8) is 0 Å². The van der Waals surface area contributed by atoms with Crippen molar-refractivity contribution in [3.8, 4) is 0 Å². The van der Waals surface area contributed by atoms with E-state index in [-0.39, 0.29) is 61.1 Å². The van der Waals surface area contributed by atoms with Gasteiger partial charge in [0, 0.05) is 31.4 Å². The zero-order chi connectivity index (χ0) is 37.4. The van der Waals surface area contributed by atoms with Crippen molar-refractivity contribution in [2.45, 2.75) is 134 Å². The number of ketones is 2. The minimum atomic E-state index is -1.18. The van der Waals surface area contributed by atoms with Crippen molar-refractivity contribution in [2.75, 3.05) is 6.54 Å². The molecule has 14 nitrogen and oxygen atoms in total. The molecular weight excluding hydrogens is 666 g/mol. The quantitative estimate of drug-likeness (QED) is 0.138. The van der Waals surface area contributed by atoms with E-state index in [4.69, 9.17) is 0 Å². The maximum Gasteiger partial charge on any atom is 0.289 e. The number of Topliss-reactive ketones (excluding diaryl/α,β-unsaturated/α-hetero) is 2. The maximum atomic E-state index is 14.6. The monoisotopic (exact) mass is 719 g/mol. The molecule has 0 radical (unpaired) electrons. The lowest BCUT2D eigenvalue weighted by molar-refractivity contribution is -0.144.